The van der Waals surface area contributed by atoms with E-state index in [1.165, 1.54) is 0 Å². The van der Waals surface area contributed by atoms with Crippen LogP contribution in [0, 0.1) is 5.41 Å². The Bertz CT molecular complexity index is 316. The Morgan fingerprint density at radius 3 is 2.50 bits per heavy atom. The molecule has 2 rings (SSSR count). The Hall–Kier alpha value is -1.01. The van der Waals surface area contributed by atoms with Gasteiger partial charge in [-0.3, -0.25) is 4.98 Å². The highest BCUT2D eigenvalue weighted by molar-refractivity contribution is 5.10. The van der Waals surface area contributed by atoms with E-state index in [1.807, 2.05) is 12.1 Å². The molecule has 1 aromatic rings. The Morgan fingerprint density at radius 2 is 2.00 bits per heavy atom. The first-order valence-electron chi connectivity index (χ1n) is 5.14. The molecule has 88 valence electrons. The average Bonchev–Trinajstić information content (AvgIpc) is 2.40. The number of hydrogen-bond acceptors (Lipinski definition) is 5. The monoisotopic (exact) mass is 225 g/mol. The van der Waals surface area contributed by atoms with Crippen LogP contribution in [0.5, 0.6) is 0 Å². The number of hydrogen-bond donors (Lipinski definition) is 2. The molecule has 0 bridgehead atoms. The van der Waals surface area contributed by atoms with Crippen molar-refractivity contribution in [3.63, 3.8) is 0 Å². The van der Waals surface area contributed by atoms with Crippen LogP contribution in [0.25, 0.3) is 0 Å². The molecule has 5 heteroatoms. The molecule has 1 aliphatic rings. The van der Waals surface area contributed by atoms with Crippen molar-refractivity contribution < 1.29 is 19.7 Å². The van der Waals surface area contributed by atoms with Crippen LogP contribution in [-0.4, -0.2) is 41.6 Å². The van der Waals surface area contributed by atoms with Gasteiger partial charge in [-0.05, 0) is 6.07 Å². The van der Waals surface area contributed by atoms with Gasteiger partial charge in [0.25, 0.3) is 0 Å². The molecule has 5 nitrogen and oxygen atoms in total. The summed E-state index contributed by atoms with van der Waals surface area (Å²) < 4.78 is 11.0. The molecule has 1 saturated heterocycles. The van der Waals surface area contributed by atoms with Crippen molar-refractivity contribution in [2.45, 2.75) is 6.29 Å². The maximum Gasteiger partial charge on any atom is 0.185 e. The lowest BCUT2D eigenvalue weighted by molar-refractivity contribution is -0.248. The average molecular weight is 225 g/mol. The largest absolute Gasteiger partial charge is 0.396 e. The molecule has 0 spiro atoms. The molecule has 16 heavy (non-hydrogen) atoms. The topological polar surface area (TPSA) is 71.8 Å². The minimum Gasteiger partial charge on any atom is -0.396 e. The fourth-order valence-corrected chi connectivity index (χ4v) is 1.54. The maximum absolute atomic E-state index is 9.17. The number of aliphatic hydroxyl groups excluding tert-OH is 2. The predicted molar refractivity (Wildman–Crippen MR) is 55.5 cm³/mol. The Morgan fingerprint density at radius 1 is 1.31 bits per heavy atom. The Labute approximate surface area is 93.7 Å². The molecule has 2 N–H and O–H groups in total. The molecule has 1 fully saturated rings. The summed E-state index contributed by atoms with van der Waals surface area (Å²) >= 11 is 0. The van der Waals surface area contributed by atoms with Crippen LogP contribution in [-0.2, 0) is 9.47 Å². The van der Waals surface area contributed by atoms with Crippen molar-refractivity contribution in [1.29, 1.82) is 0 Å². The van der Waals surface area contributed by atoms with Gasteiger partial charge < -0.3 is 19.7 Å². The minimum atomic E-state index is -0.682. The van der Waals surface area contributed by atoms with Crippen molar-refractivity contribution in [3.05, 3.63) is 30.1 Å². The summed E-state index contributed by atoms with van der Waals surface area (Å²) in [7, 11) is 0. The quantitative estimate of drug-likeness (QED) is 0.763. The third-order valence-electron chi connectivity index (χ3n) is 2.71. The van der Waals surface area contributed by atoms with Crippen LogP contribution in [0.1, 0.15) is 11.9 Å². The fraction of sp³-hybridized carbons (Fsp3) is 0.545. The zero-order valence-corrected chi connectivity index (χ0v) is 8.87. The van der Waals surface area contributed by atoms with Gasteiger partial charge in [-0.1, -0.05) is 6.07 Å². The second-order valence-electron chi connectivity index (χ2n) is 4.06. The van der Waals surface area contributed by atoms with E-state index >= 15 is 0 Å². The summed E-state index contributed by atoms with van der Waals surface area (Å²) in [6.07, 6.45) is 2.90. The van der Waals surface area contributed by atoms with Gasteiger partial charge >= 0.3 is 0 Å². The fourth-order valence-electron chi connectivity index (χ4n) is 1.54. The van der Waals surface area contributed by atoms with E-state index in [0.29, 0.717) is 0 Å². The molecule has 0 aliphatic carbocycles. The number of aromatic nitrogens is 1. The Kier molecular flexibility index (Phi) is 3.50. The van der Waals surface area contributed by atoms with Crippen molar-refractivity contribution >= 4 is 0 Å². The molecule has 0 atom stereocenters. The first-order valence-corrected chi connectivity index (χ1v) is 5.14. The van der Waals surface area contributed by atoms with Gasteiger partial charge in [0, 0.05) is 18.0 Å². The molecule has 0 radical (unpaired) electrons. The second-order valence-corrected chi connectivity index (χ2v) is 4.06. The van der Waals surface area contributed by atoms with E-state index in [0.717, 1.165) is 5.56 Å². The normalized spacial score (nSPS) is 20.9. The Balaban J connectivity index is 2.00. The van der Waals surface area contributed by atoms with Crippen LogP contribution in [0.3, 0.4) is 0 Å². The number of nitrogens with zero attached hydrogens (tertiary/aromatic N) is 1. The van der Waals surface area contributed by atoms with Gasteiger partial charge in [-0.2, -0.15) is 0 Å². The van der Waals surface area contributed by atoms with Crippen molar-refractivity contribution in [2.75, 3.05) is 26.4 Å². The summed E-state index contributed by atoms with van der Waals surface area (Å²) in [5.74, 6) is 0. The molecule has 2 heterocycles. The van der Waals surface area contributed by atoms with Crippen LogP contribution in [0.4, 0.5) is 0 Å². The second kappa shape index (κ2) is 4.88. The summed E-state index contributed by atoms with van der Waals surface area (Å²) in [5, 5.41) is 18.3. The maximum atomic E-state index is 9.17. The first-order chi connectivity index (χ1) is 7.79. The molecule has 1 aromatic heterocycles. The van der Waals surface area contributed by atoms with Gasteiger partial charge in [-0.15, -0.1) is 0 Å². The lowest BCUT2D eigenvalue weighted by Crippen LogP contribution is -2.44. The zero-order valence-electron chi connectivity index (χ0n) is 8.87. The smallest absolute Gasteiger partial charge is 0.185 e. The molecular formula is C11H15NO4. The summed E-state index contributed by atoms with van der Waals surface area (Å²) in [6, 6.07) is 3.67. The highest BCUT2D eigenvalue weighted by atomic mass is 16.7. The van der Waals surface area contributed by atoms with E-state index in [9.17, 15) is 0 Å². The molecule has 0 unspecified atom stereocenters. The van der Waals surface area contributed by atoms with E-state index in [2.05, 4.69) is 4.98 Å². The van der Waals surface area contributed by atoms with Crippen molar-refractivity contribution in [2.24, 2.45) is 5.41 Å². The summed E-state index contributed by atoms with van der Waals surface area (Å²) in [6.45, 7) is 0.256. The highest BCUT2D eigenvalue weighted by Gasteiger charge is 2.36. The van der Waals surface area contributed by atoms with Gasteiger partial charge in [0.1, 0.15) is 0 Å². The number of rotatable bonds is 3. The van der Waals surface area contributed by atoms with E-state index in [4.69, 9.17) is 19.7 Å². The highest BCUT2D eigenvalue weighted by Crippen LogP contribution is 2.30. The van der Waals surface area contributed by atoms with Gasteiger partial charge in [-0.25, -0.2) is 0 Å². The van der Waals surface area contributed by atoms with E-state index in [1.54, 1.807) is 12.4 Å². The van der Waals surface area contributed by atoms with Crippen LogP contribution < -0.4 is 0 Å². The van der Waals surface area contributed by atoms with Crippen molar-refractivity contribution in [1.82, 2.24) is 4.98 Å². The third-order valence-corrected chi connectivity index (χ3v) is 2.71. The van der Waals surface area contributed by atoms with Crippen molar-refractivity contribution in [3.8, 4) is 0 Å². The number of aliphatic hydroxyl groups is 2. The molecule has 0 saturated carbocycles. The van der Waals surface area contributed by atoms with E-state index in [-0.39, 0.29) is 26.4 Å². The van der Waals surface area contributed by atoms with Gasteiger partial charge in [0.05, 0.1) is 31.8 Å². The predicted octanol–water partition coefficient (Wildman–Crippen LogP) is 0.0980. The minimum absolute atomic E-state index is 0.150. The molecule has 0 amide bonds. The van der Waals surface area contributed by atoms with Gasteiger partial charge in [0.15, 0.2) is 6.29 Å². The zero-order chi connectivity index (χ0) is 11.4. The van der Waals surface area contributed by atoms with Crippen LogP contribution in [0.2, 0.25) is 0 Å². The summed E-state index contributed by atoms with van der Waals surface area (Å²) in [5.41, 5.74) is 0.158. The lowest BCUT2D eigenvalue weighted by atomic mass is 9.91. The third kappa shape index (κ3) is 2.22. The SMILES string of the molecule is OCC1(CO)COC(c2cccnc2)OC1. The van der Waals surface area contributed by atoms with E-state index < -0.39 is 11.7 Å². The number of pyridine rings is 1. The lowest BCUT2D eigenvalue weighted by Gasteiger charge is -2.37. The number of ether oxygens (including phenoxy) is 2. The van der Waals surface area contributed by atoms with Crippen LogP contribution in [0.15, 0.2) is 24.5 Å². The summed E-state index contributed by atoms with van der Waals surface area (Å²) in [4.78, 5) is 3.98. The van der Waals surface area contributed by atoms with Crippen LogP contribution >= 0.6 is 0 Å². The standard InChI is InChI=1S/C11H15NO4/c13-5-11(6-14)7-15-10(16-8-11)9-2-1-3-12-4-9/h1-4,10,13-14H,5-8H2. The molecule has 1 aliphatic heterocycles. The molecule has 0 aromatic carbocycles. The van der Waals surface area contributed by atoms with Gasteiger partial charge in [0.2, 0.25) is 0 Å². The molecular weight excluding hydrogens is 210 g/mol. The first kappa shape index (κ1) is 11.5.